The van der Waals surface area contributed by atoms with E-state index in [0.29, 0.717) is 11.0 Å². The SMILES string of the molecule is O=C(O)c1cn2c(ccc3cc(F)ccc32)n1. The van der Waals surface area contributed by atoms with Gasteiger partial charge in [-0.1, -0.05) is 0 Å². The molecule has 0 radical (unpaired) electrons. The smallest absolute Gasteiger partial charge is 0.356 e. The molecule has 0 amide bonds. The van der Waals surface area contributed by atoms with Gasteiger partial charge in [0.25, 0.3) is 0 Å². The van der Waals surface area contributed by atoms with Crippen LogP contribution in [0.5, 0.6) is 0 Å². The van der Waals surface area contributed by atoms with Crippen molar-refractivity contribution in [3.63, 3.8) is 0 Å². The van der Waals surface area contributed by atoms with Crippen LogP contribution in [0.3, 0.4) is 0 Å². The molecule has 84 valence electrons. The predicted molar refractivity (Wildman–Crippen MR) is 59.6 cm³/mol. The first-order chi connectivity index (χ1) is 8.15. The topological polar surface area (TPSA) is 54.6 Å². The maximum Gasteiger partial charge on any atom is 0.356 e. The summed E-state index contributed by atoms with van der Waals surface area (Å²) in [5.41, 5.74) is 1.23. The molecule has 0 fully saturated rings. The van der Waals surface area contributed by atoms with Crippen LogP contribution in [0, 0.1) is 5.82 Å². The maximum atomic E-state index is 13.1. The number of fused-ring (bicyclic) bond motifs is 3. The Morgan fingerprint density at radius 1 is 1.29 bits per heavy atom. The average molecular weight is 230 g/mol. The summed E-state index contributed by atoms with van der Waals surface area (Å²) >= 11 is 0. The lowest BCUT2D eigenvalue weighted by atomic mass is 10.2. The molecule has 1 aromatic carbocycles. The number of nitrogens with zero attached hydrogens (tertiary/aromatic N) is 2. The summed E-state index contributed by atoms with van der Waals surface area (Å²) in [6, 6.07) is 7.71. The molecule has 0 saturated carbocycles. The van der Waals surface area contributed by atoms with Gasteiger partial charge in [-0.2, -0.15) is 0 Å². The van der Waals surface area contributed by atoms with Crippen molar-refractivity contribution in [1.29, 1.82) is 0 Å². The van der Waals surface area contributed by atoms with Crippen LogP contribution in [0.1, 0.15) is 10.5 Å². The number of pyridine rings is 1. The highest BCUT2D eigenvalue weighted by molar-refractivity contribution is 5.88. The van der Waals surface area contributed by atoms with Gasteiger partial charge in [-0.15, -0.1) is 0 Å². The Hall–Kier alpha value is -2.43. The fourth-order valence-electron chi connectivity index (χ4n) is 1.85. The summed E-state index contributed by atoms with van der Waals surface area (Å²) in [5.74, 6) is -1.40. The second-order valence-corrected chi connectivity index (χ2v) is 3.70. The number of hydrogen-bond donors (Lipinski definition) is 1. The third-order valence-electron chi connectivity index (χ3n) is 2.61. The lowest BCUT2D eigenvalue weighted by Crippen LogP contribution is -1.94. The highest BCUT2D eigenvalue weighted by atomic mass is 19.1. The fourth-order valence-corrected chi connectivity index (χ4v) is 1.85. The van der Waals surface area contributed by atoms with Crippen LogP contribution in [0.25, 0.3) is 16.6 Å². The minimum Gasteiger partial charge on any atom is -0.476 e. The van der Waals surface area contributed by atoms with E-state index in [0.717, 1.165) is 5.52 Å². The van der Waals surface area contributed by atoms with Crippen LogP contribution in [-0.4, -0.2) is 20.5 Å². The second kappa shape index (κ2) is 3.28. The molecule has 2 heterocycles. The Morgan fingerprint density at radius 3 is 2.88 bits per heavy atom. The van der Waals surface area contributed by atoms with Crippen LogP contribution in [0.4, 0.5) is 4.39 Å². The van der Waals surface area contributed by atoms with Gasteiger partial charge in [0.1, 0.15) is 11.5 Å². The maximum absolute atomic E-state index is 13.1. The molecule has 0 atom stereocenters. The first kappa shape index (κ1) is 9.77. The number of rotatable bonds is 1. The number of aromatic nitrogens is 2. The van der Waals surface area contributed by atoms with Gasteiger partial charge in [-0.25, -0.2) is 14.2 Å². The standard InChI is InChI=1S/C12H7FN2O2/c13-8-2-3-10-7(5-8)1-4-11-14-9(12(16)17)6-15(10)11/h1-6H,(H,16,17). The summed E-state index contributed by atoms with van der Waals surface area (Å²) in [6.45, 7) is 0. The Kier molecular flexibility index (Phi) is 1.89. The van der Waals surface area contributed by atoms with E-state index >= 15 is 0 Å². The summed E-state index contributed by atoms with van der Waals surface area (Å²) < 4.78 is 14.7. The molecule has 0 aliphatic heterocycles. The molecule has 0 saturated heterocycles. The fraction of sp³-hybridized carbons (Fsp3) is 0. The molecular weight excluding hydrogens is 223 g/mol. The van der Waals surface area contributed by atoms with Crippen molar-refractivity contribution in [2.45, 2.75) is 0 Å². The van der Waals surface area contributed by atoms with E-state index in [1.807, 2.05) is 0 Å². The van der Waals surface area contributed by atoms with Crippen molar-refractivity contribution >= 4 is 22.5 Å². The highest BCUT2D eigenvalue weighted by Crippen LogP contribution is 2.18. The second-order valence-electron chi connectivity index (χ2n) is 3.70. The Labute approximate surface area is 94.9 Å². The molecule has 0 aliphatic carbocycles. The van der Waals surface area contributed by atoms with Crippen molar-refractivity contribution in [3.05, 3.63) is 48.0 Å². The monoisotopic (exact) mass is 230 g/mol. The zero-order valence-corrected chi connectivity index (χ0v) is 8.59. The molecule has 4 nitrogen and oxygen atoms in total. The molecule has 1 N–H and O–H groups in total. The largest absolute Gasteiger partial charge is 0.476 e. The van der Waals surface area contributed by atoms with Crippen LogP contribution in [-0.2, 0) is 0 Å². The van der Waals surface area contributed by atoms with E-state index in [1.54, 1.807) is 22.6 Å². The van der Waals surface area contributed by atoms with E-state index in [4.69, 9.17) is 5.11 Å². The number of carboxylic acids is 1. The summed E-state index contributed by atoms with van der Waals surface area (Å²) in [6.07, 6.45) is 1.43. The van der Waals surface area contributed by atoms with E-state index < -0.39 is 5.97 Å². The molecular formula is C12H7FN2O2. The number of aromatic carboxylic acids is 1. The lowest BCUT2D eigenvalue weighted by Gasteiger charge is -2.01. The molecule has 0 unspecified atom stereocenters. The summed E-state index contributed by atoms with van der Waals surface area (Å²) in [4.78, 5) is 14.8. The van der Waals surface area contributed by atoms with E-state index in [1.165, 1.54) is 18.3 Å². The molecule has 0 spiro atoms. The van der Waals surface area contributed by atoms with E-state index in [-0.39, 0.29) is 11.5 Å². The van der Waals surface area contributed by atoms with Gasteiger partial charge in [0.15, 0.2) is 5.69 Å². The number of halogens is 1. The van der Waals surface area contributed by atoms with Crippen LogP contribution in [0.15, 0.2) is 36.5 Å². The third kappa shape index (κ3) is 1.44. The van der Waals surface area contributed by atoms with Crippen molar-refractivity contribution in [2.75, 3.05) is 0 Å². The van der Waals surface area contributed by atoms with Gasteiger partial charge < -0.3 is 5.11 Å². The zero-order chi connectivity index (χ0) is 12.0. The zero-order valence-electron chi connectivity index (χ0n) is 8.59. The Morgan fingerprint density at radius 2 is 2.12 bits per heavy atom. The molecule has 5 heteroatoms. The van der Waals surface area contributed by atoms with Crippen LogP contribution < -0.4 is 0 Å². The van der Waals surface area contributed by atoms with Gasteiger partial charge in [-0.05, 0) is 30.3 Å². The van der Waals surface area contributed by atoms with Gasteiger partial charge in [0.2, 0.25) is 0 Å². The van der Waals surface area contributed by atoms with Gasteiger partial charge in [0, 0.05) is 11.6 Å². The highest BCUT2D eigenvalue weighted by Gasteiger charge is 2.10. The Balaban J connectivity index is 2.42. The number of imidazole rings is 1. The Bertz CT molecular complexity index is 749. The van der Waals surface area contributed by atoms with Gasteiger partial charge in [-0.3, -0.25) is 4.40 Å². The van der Waals surface area contributed by atoms with Crippen molar-refractivity contribution in [1.82, 2.24) is 9.38 Å². The molecule has 3 rings (SSSR count). The van der Waals surface area contributed by atoms with Crippen molar-refractivity contribution in [2.24, 2.45) is 0 Å². The molecule has 0 aliphatic rings. The molecule has 3 aromatic rings. The number of hydrogen-bond acceptors (Lipinski definition) is 2. The van der Waals surface area contributed by atoms with Crippen molar-refractivity contribution in [3.8, 4) is 0 Å². The normalized spacial score (nSPS) is 11.1. The van der Waals surface area contributed by atoms with E-state index in [2.05, 4.69) is 4.98 Å². The number of carbonyl (C=O) groups is 1. The lowest BCUT2D eigenvalue weighted by molar-refractivity contribution is 0.0691. The average Bonchev–Trinajstić information content (AvgIpc) is 2.72. The van der Waals surface area contributed by atoms with Gasteiger partial charge >= 0.3 is 5.97 Å². The quantitative estimate of drug-likeness (QED) is 0.698. The third-order valence-corrected chi connectivity index (χ3v) is 2.61. The van der Waals surface area contributed by atoms with E-state index in [9.17, 15) is 9.18 Å². The molecule has 17 heavy (non-hydrogen) atoms. The number of benzene rings is 1. The summed E-state index contributed by atoms with van der Waals surface area (Å²) in [5, 5.41) is 9.57. The first-order valence-corrected chi connectivity index (χ1v) is 4.96. The van der Waals surface area contributed by atoms with Crippen LogP contribution >= 0.6 is 0 Å². The van der Waals surface area contributed by atoms with Gasteiger partial charge in [0.05, 0.1) is 5.52 Å². The predicted octanol–water partition coefficient (Wildman–Crippen LogP) is 2.32. The van der Waals surface area contributed by atoms with Crippen LogP contribution in [0.2, 0.25) is 0 Å². The first-order valence-electron chi connectivity index (χ1n) is 4.96. The minimum absolute atomic E-state index is 0.0261. The molecule has 2 aromatic heterocycles. The van der Waals surface area contributed by atoms with Crippen molar-refractivity contribution < 1.29 is 14.3 Å². The summed E-state index contributed by atoms with van der Waals surface area (Å²) in [7, 11) is 0. The molecule has 0 bridgehead atoms. The minimum atomic E-state index is -1.08. The number of carboxylic acid groups (broad SMARTS) is 1.